The fourth-order valence-corrected chi connectivity index (χ4v) is 1.41. The van der Waals surface area contributed by atoms with Crippen LogP contribution in [-0.4, -0.2) is 17.8 Å². The highest BCUT2D eigenvalue weighted by molar-refractivity contribution is 6.30. The Bertz CT molecular complexity index is 159. The SMILES string of the molecule is CCCC[C@H](CC)CNC(=O)[C@H](C)Cl. The topological polar surface area (TPSA) is 29.1 Å². The molecule has 0 aromatic rings. The van der Waals surface area contributed by atoms with E-state index in [0.717, 1.165) is 13.0 Å². The van der Waals surface area contributed by atoms with Gasteiger partial charge >= 0.3 is 0 Å². The van der Waals surface area contributed by atoms with Gasteiger partial charge < -0.3 is 5.32 Å². The Morgan fingerprint density at radius 1 is 1.43 bits per heavy atom. The predicted molar refractivity (Wildman–Crippen MR) is 61.6 cm³/mol. The van der Waals surface area contributed by atoms with Crippen LogP contribution in [0.2, 0.25) is 0 Å². The van der Waals surface area contributed by atoms with Crippen molar-refractivity contribution < 1.29 is 4.79 Å². The highest BCUT2D eigenvalue weighted by Crippen LogP contribution is 2.11. The molecule has 2 atom stereocenters. The van der Waals surface area contributed by atoms with E-state index in [2.05, 4.69) is 19.2 Å². The average molecular weight is 220 g/mol. The summed E-state index contributed by atoms with van der Waals surface area (Å²) in [5.41, 5.74) is 0. The van der Waals surface area contributed by atoms with Gasteiger partial charge in [-0.15, -0.1) is 11.6 Å². The van der Waals surface area contributed by atoms with Crippen LogP contribution in [0.5, 0.6) is 0 Å². The van der Waals surface area contributed by atoms with E-state index in [9.17, 15) is 4.79 Å². The number of carbonyl (C=O) groups excluding carboxylic acids is 1. The van der Waals surface area contributed by atoms with E-state index < -0.39 is 5.38 Å². The molecular weight excluding hydrogens is 198 g/mol. The van der Waals surface area contributed by atoms with E-state index in [1.165, 1.54) is 19.3 Å². The molecule has 3 heteroatoms. The van der Waals surface area contributed by atoms with E-state index in [0.29, 0.717) is 5.92 Å². The molecule has 2 nitrogen and oxygen atoms in total. The van der Waals surface area contributed by atoms with Crippen molar-refractivity contribution in [1.29, 1.82) is 0 Å². The van der Waals surface area contributed by atoms with Gasteiger partial charge in [-0.05, 0) is 19.3 Å². The molecule has 1 N–H and O–H groups in total. The molecule has 0 aromatic heterocycles. The van der Waals surface area contributed by atoms with Gasteiger partial charge in [-0.25, -0.2) is 0 Å². The molecule has 0 saturated heterocycles. The van der Waals surface area contributed by atoms with Gasteiger partial charge in [-0.3, -0.25) is 4.79 Å². The molecule has 0 aliphatic carbocycles. The first-order valence-electron chi connectivity index (χ1n) is 5.53. The fourth-order valence-electron chi connectivity index (χ4n) is 1.33. The monoisotopic (exact) mass is 219 g/mol. The number of alkyl halides is 1. The van der Waals surface area contributed by atoms with E-state index in [1.807, 2.05) is 0 Å². The zero-order valence-corrected chi connectivity index (χ0v) is 10.2. The molecule has 0 saturated carbocycles. The van der Waals surface area contributed by atoms with Crippen molar-refractivity contribution in [2.45, 2.75) is 51.8 Å². The Balaban J connectivity index is 3.66. The third-order valence-corrected chi connectivity index (χ3v) is 2.67. The van der Waals surface area contributed by atoms with E-state index in [1.54, 1.807) is 6.92 Å². The van der Waals surface area contributed by atoms with Gasteiger partial charge in [0, 0.05) is 6.54 Å². The maximum atomic E-state index is 11.2. The van der Waals surface area contributed by atoms with Crippen LogP contribution < -0.4 is 5.32 Å². The Hall–Kier alpha value is -0.240. The van der Waals surface area contributed by atoms with Crippen LogP contribution in [0.25, 0.3) is 0 Å². The molecule has 0 fully saturated rings. The van der Waals surface area contributed by atoms with Gasteiger partial charge in [0.1, 0.15) is 5.38 Å². The van der Waals surface area contributed by atoms with Crippen LogP contribution in [-0.2, 0) is 4.79 Å². The lowest BCUT2D eigenvalue weighted by Gasteiger charge is -2.15. The number of hydrogen-bond donors (Lipinski definition) is 1. The summed E-state index contributed by atoms with van der Waals surface area (Å²) in [5.74, 6) is 0.552. The molecule has 0 bridgehead atoms. The molecule has 0 spiro atoms. The Morgan fingerprint density at radius 2 is 2.07 bits per heavy atom. The van der Waals surface area contributed by atoms with E-state index in [4.69, 9.17) is 11.6 Å². The minimum atomic E-state index is -0.418. The quantitative estimate of drug-likeness (QED) is 0.656. The summed E-state index contributed by atoms with van der Waals surface area (Å²) in [6, 6.07) is 0. The number of hydrogen-bond acceptors (Lipinski definition) is 1. The zero-order chi connectivity index (χ0) is 11.0. The number of carbonyl (C=O) groups is 1. The Labute approximate surface area is 92.4 Å². The molecule has 0 heterocycles. The van der Waals surface area contributed by atoms with Gasteiger partial charge in [0.05, 0.1) is 0 Å². The van der Waals surface area contributed by atoms with Crippen molar-refractivity contribution in [3.63, 3.8) is 0 Å². The smallest absolute Gasteiger partial charge is 0.237 e. The second-order valence-electron chi connectivity index (χ2n) is 3.78. The third-order valence-electron chi connectivity index (χ3n) is 2.47. The van der Waals surface area contributed by atoms with Crippen LogP contribution in [0.15, 0.2) is 0 Å². The number of rotatable bonds is 7. The summed E-state index contributed by atoms with van der Waals surface area (Å²) in [5, 5.41) is 2.45. The van der Waals surface area contributed by atoms with Crippen molar-refractivity contribution >= 4 is 17.5 Å². The first-order valence-corrected chi connectivity index (χ1v) is 5.97. The summed E-state index contributed by atoms with van der Waals surface area (Å²) in [7, 11) is 0. The lowest BCUT2D eigenvalue weighted by atomic mass is 9.99. The summed E-state index contributed by atoms with van der Waals surface area (Å²) >= 11 is 5.65. The molecule has 0 radical (unpaired) electrons. The lowest BCUT2D eigenvalue weighted by Crippen LogP contribution is -2.33. The maximum Gasteiger partial charge on any atom is 0.237 e. The van der Waals surface area contributed by atoms with Crippen LogP contribution in [0, 0.1) is 5.92 Å². The van der Waals surface area contributed by atoms with Crippen molar-refractivity contribution in [3.8, 4) is 0 Å². The second kappa shape index (κ2) is 8.10. The first kappa shape index (κ1) is 13.8. The van der Waals surface area contributed by atoms with Crippen LogP contribution >= 0.6 is 11.6 Å². The van der Waals surface area contributed by atoms with E-state index >= 15 is 0 Å². The molecule has 84 valence electrons. The number of unbranched alkanes of at least 4 members (excludes halogenated alkanes) is 1. The minimum absolute atomic E-state index is 0.0541. The molecule has 0 aliphatic heterocycles. The fraction of sp³-hybridized carbons (Fsp3) is 0.909. The number of nitrogens with one attached hydrogen (secondary N) is 1. The van der Waals surface area contributed by atoms with Crippen molar-refractivity contribution in [2.24, 2.45) is 5.92 Å². The molecule has 0 unspecified atom stereocenters. The van der Waals surface area contributed by atoms with E-state index in [-0.39, 0.29) is 5.91 Å². The maximum absolute atomic E-state index is 11.2. The summed E-state index contributed by atoms with van der Waals surface area (Å²) in [4.78, 5) is 11.2. The lowest BCUT2D eigenvalue weighted by molar-refractivity contribution is -0.120. The summed E-state index contributed by atoms with van der Waals surface area (Å²) in [6.45, 7) is 6.82. The minimum Gasteiger partial charge on any atom is -0.355 e. The van der Waals surface area contributed by atoms with Crippen molar-refractivity contribution in [1.82, 2.24) is 5.32 Å². The molecule has 0 aliphatic rings. The first-order chi connectivity index (χ1) is 6.61. The second-order valence-corrected chi connectivity index (χ2v) is 4.43. The standard InChI is InChI=1S/C11H22ClNO/c1-4-6-7-10(5-2)8-13-11(14)9(3)12/h9-10H,4-8H2,1-3H3,(H,13,14)/t9-,10-/m0/s1. The average Bonchev–Trinajstić information content (AvgIpc) is 2.17. The highest BCUT2D eigenvalue weighted by Gasteiger charge is 2.11. The van der Waals surface area contributed by atoms with Crippen molar-refractivity contribution in [3.05, 3.63) is 0 Å². The van der Waals surface area contributed by atoms with Gasteiger partial charge in [-0.1, -0.05) is 33.1 Å². The van der Waals surface area contributed by atoms with Gasteiger partial charge in [0.2, 0.25) is 5.91 Å². The Kier molecular flexibility index (Phi) is 7.96. The number of amides is 1. The van der Waals surface area contributed by atoms with Gasteiger partial charge in [0.15, 0.2) is 0 Å². The Morgan fingerprint density at radius 3 is 2.50 bits per heavy atom. The molecule has 0 rings (SSSR count). The van der Waals surface area contributed by atoms with Crippen LogP contribution in [0.4, 0.5) is 0 Å². The van der Waals surface area contributed by atoms with Crippen LogP contribution in [0.1, 0.15) is 46.5 Å². The molecular formula is C11H22ClNO. The van der Waals surface area contributed by atoms with Crippen molar-refractivity contribution in [2.75, 3.05) is 6.54 Å². The third kappa shape index (κ3) is 6.25. The molecule has 14 heavy (non-hydrogen) atoms. The van der Waals surface area contributed by atoms with Crippen LogP contribution in [0.3, 0.4) is 0 Å². The molecule has 1 amide bonds. The summed E-state index contributed by atoms with van der Waals surface area (Å²) in [6.07, 6.45) is 4.78. The largest absolute Gasteiger partial charge is 0.355 e. The highest BCUT2D eigenvalue weighted by atomic mass is 35.5. The zero-order valence-electron chi connectivity index (χ0n) is 9.48. The van der Waals surface area contributed by atoms with Gasteiger partial charge in [0.25, 0.3) is 0 Å². The number of halogens is 1. The van der Waals surface area contributed by atoms with Gasteiger partial charge in [-0.2, -0.15) is 0 Å². The summed E-state index contributed by atoms with van der Waals surface area (Å²) < 4.78 is 0. The molecule has 0 aromatic carbocycles. The predicted octanol–water partition coefficient (Wildman–Crippen LogP) is 2.95. The normalized spacial score (nSPS) is 14.9.